The minimum atomic E-state index is -0.203. The molecule has 28 heavy (non-hydrogen) atoms. The van der Waals surface area contributed by atoms with Crippen LogP contribution in [0.3, 0.4) is 0 Å². The molecule has 2 heterocycles. The number of thioether (sulfide) groups is 1. The van der Waals surface area contributed by atoms with Gasteiger partial charge in [0.25, 0.3) is 5.91 Å². The summed E-state index contributed by atoms with van der Waals surface area (Å²) < 4.78 is 5.43. The molecule has 0 spiro atoms. The second kappa shape index (κ2) is 8.22. The minimum absolute atomic E-state index is 0.0368. The number of benzene rings is 2. The van der Waals surface area contributed by atoms with E-state index in [2.05, 4.69) is 10.3 Å². The van der Waals surface area contributed by atoms with E-state index in [1.165, 1.54) is 0 Å². The number of carbonyl (C=O) groups is 2. The van der Waals surface area contributed by atoms with Crippen LogP contribution in [-0.4, -0.2) is 54.4 Å². The number of hydrogen-bond acceptors (Lipinski definition) is 5. The maximum Gasteiger partial charge on any atom is 0.254 e. The number of fused-ring (bicyclic) bond motifs is 1. The number of rotatable bonds is 3. The topological polar surface area (TPSA) is 71.0 Å². The summed E-state index contributed by atoms with van der Waals surface area (Å²) in [4.78, 5) is 31.9. The van der Waals surface area contributed by atoms with Crippen LogP contribution in [0, 0.1) is 5.92 Å². The summed E-state index contributed by atoms with van der Waals surface area (Å²) in [6, 6.07) is 11.4. The Balaban J connectivity index is 1.53. The lowest BCUT2D eigenvalue weighted by atomic mass is 9.95. The Morgan fingerprint density at radius 3 is 2.79 bits per heavy atom. The molecule has 0 saturated carbocycles. The predicted octanol–water partition coefficient (Wildman–Crippen LogP) is 2.92. The van der Waals surface area contributed by atoms with Crippen LogP contribution in [0.15, 0.2) is 41.4 Å². The molecular formula is C21H23N3O3S. The van der Waals surface area contributed by atoms with Gasteiger partial charge in [-0.15, -0.1) is 0 Å². The Labute approximate surface area is 168 Å². The molecule has 0 radical (unpaired) electrons. The fourth-order valence-electron chi connectivity index (χ4n) is 3.80. The van der Waals surface area contributed by atoms with Crippen molar-refractivity contribution in [3.8, 4) is 5.75 Å². The minimum Gasteiger partial charge on any atom is -0.496 e. The molecule has 0 bridgehead atoms. The van der Waals surface area contributed by atoms with E-state index in [1.807, 2.05) is 36.4 Å². The van der Waals surface area contributed by atoms with Gasteiger partial charge in [0.2, 0.25) is 5.91 Å². The van der Waals surface area contributed by atoms with Gasteiger partial charge < -0.3 is 15.0 Å². The van der Waals surface area contributed by atoms with Crippen molar-refractivity contribution in [2.75, 3.05) is 32.5 Å². The van der Waals surface area contributed by atoms with E-state index in [0.29, 0.717) is 23.8 Å². The van der Waals surface area contributed by atoms with Gasteiger partial charge in [0.15, 0.2) is 5.17 Å². The first-order valence-electron chi connectivity index (χ1n) is 9.50. The molecule has 2 aromatic rings. The highest BCUT2D eigenvalue weighted by Gasteiger charge is 2.30. The standard InChI is InChI=1S/C21H23N3O3S/c1-27-18-9-8-17(15-6-2-3-7-16(15)18)20(26)24-11-4-5-14(13-24)19(25)23-21-22-10-12-28-21/h2-3,6-9,14H,4-5,10-13H2,1H3,(H,22,23,25)/t14-/m1/s1. The molecule has 0 unspecified atom stereocenters. The molecule has 0 aromatic heterocycles. The quantitative estimate of drug-likeness (QED) is 0.865. The average molecular weight is 398 g/mol. The molecule has 2 aliphatic heterocycles. The summed E-state index contributed by atoms with van der Waals surface area (Å²) in [6.45, 7) is 1.85. The van der Waals surface area contributed by atoms with E-state index in [1.54, 1.807) is 23.8 Å². The molecule has 2 aromatic carbocycles. The zero-order valence-electron chi connectivity index (χ0n) is 15.8. The molecule has 1 fully saturated rings. The van der Waals surface area contributed by atoms with Crippen LogP contribution < -0.4 is 10.1 Å². The van der Waals surface area contributed by atoms with Gasteiger partial charge in [-0.2, -0.15) is 0 Å². The number of piperidine rings is 1. The van der Waals surface area contributed by atoms with Gasteiger partial charge in [0.05, 0.1) is 19.6 Å². The van der Waals surface area contributed by atoms with Crippen LogP contribution in [0.1, 0.15) is 23.2 Å². The number of likely N-dealkylation sites (tertiary alicyclic amines) is 1. The number of aliphatic imine (C=N–C) groups is 1. The number of amidine groups is 1. The van der Waals surface area contributed by atoms with E-state index in [-0.39, 0.29) is 17.7 Å². The van der Waals surface area contributed by atoms with Gasteiger partial charge in [-0.25, -0.2) is 0 Å². The van der Waals surface area contributed by atoms with Crippen molar-refractivity contribution in [1.29, 1.82) is 0 Å². The highest BCUT2D eigenvalue weighted by molar-refractivity contribution is 8.14. The smallest absolute Gasteiger partial charge is 0.254 e. The van der Waals surface area contributed by atoms with Crippen LogP contribution in [0.4, 0.5) is 0 Å². The van der Waals surface area contributed by atoms with Crippen LogP contribution in [-0.2, 0) is 4.79 Å². The third-order valence-electron chi connectivity index (χ3n) is 5.23. The molecule has 2 amide bonds. The molecule has 1 N–H and O–H groups in total. The van der Waals surface area contributed by atoms with Crippen LogP contribution in [0.25, 0.3) is 10.8 Å². The zero-order chi connectivity index (χ0) is 19.5. The second-order valence-electron chi connectivity index (χ2n) is 6.98. The molecule has 4 rings (SSSR count). The highest BCUT2D eigenvalue weighted by Crippen LogP contribution is 2.30. The monoisotopic (exact) mass is 397 g/mol. The summed E-state index contributed by atoms with van der Waals surface area (Å²) >= 11 is 1.57. The second-order valence-corrected chi connectivity index (χ2v) is 8.06. The van der Waals surface area contributed by atoms with Crippen molar-refractivity contribution in [3.05, 3.63) is 42.0 Å². The lowest BCUT2D eigenvalue weighted by Crippen LogP contribution is -2.46. The first-order valence-corrected chi connectivity index (χ1v) is 10.5. The number of nitrogens with one attached hydrogen (secondary N) is 1. The van der Waals surface area contributed by atoms with Crippen LogP contribution in [0.2, 0.25) is 0 Å². The van der Waals surface area contributed by atoms with E-state index in [4.69, 9.17) is 4.74 Å². The van der Waals surface area contributed by atoms with Crippen LogP contribution in [0.5, 0.6) is 5.75 Å². The molecule has 1 atom stereocenters. The number of ether oxygens (including phenoxy) is 1. The summed E-state index contributed by atoms with van der Waals surface area (Å²) in [5, 5.41) is 5.40. The molecule has 6 nitrogen and oxygen atoms in total. The van der Waals surface area contributed by atoms with E-state index in [9.17, 15) is 9.59 Å². The first-order chi connectivity index (χ1) is 13.7. The highest BCUT2D eigenvalue weighted by atomic mass is 32.2. The fraction of sp³-hybridized carbons (Fsp3) is 0.381. The lowest BCUT2D eigenvalue weighted by molar-refractivity contribution is -0.124. The number of nitrogens with zero attached hydrogens (tertiary/aromatic N) is 2. The van der Waals surface area contributed by atoms with Gasteiger partial charge in [-0.05, 0) is 30.4 Å². The molecular weight excluding hydrogens is 374 g/mol. The van der Waals surface area contributed by atoms with Crippen molar-refractivity contribution in [1.82, 2.24) is 10.2 Å². The number of amides is 2. The molecule has 0 aliphatic carbocycles. The Bertz CT molecular complexity index is 944. The summed E-state index contributed by atoms with van der Waals surface area (Å²) in [5.74, 6) is 1.38. The Morgan fingerprint density at radius 2 is 2.04 bits per heavy atom. The fourth-order valence-corrected chi connectivity index (χ4v) is 4.53. The molecule has 146 valence electrons. The van der Waals surface area contributed by atoms with E-state index < -0.39 is 0 Å². The average Bonchev–Trinajstić information content (AvgIpc) is 3.25. The van der Waals surface area contributed by atoms with E-state index in [0.717, 1.165) is 41.7 Å². The largest absolute Gasteiger partial charge is 0.496 e. The van der Waals surface area contributed by atoms with Gasteiger partial charge in [-0.1, -0.05) is 36.0 Å². The molecule has 2 aliphatic rings. The first kappa shape index (κ1) is 18.8. The molecule has 1 saturated heterocycles. The Morgan fingerprint density at radius 1 is 1.21 bits per heavy atom. The van der Waals surface area contributed by atoms with Gasteiger partial charge >= 0.3 is 0 Å². The normalized spacial score (nSPS) is 19.4. The maximum atomic E-state index is 13.3. The number of carbonyl (C=O) groups excluding carboxylic acids is 2. The van der Waals surface area contributed by atoms with Crippen molar-refractivity contribution >= 4 is 39.5 Å². The Hall–Kier alpha value is -2.54. The third-order valence-corrected chi connectivity index (χ3v) is 6.12. The summed E-state index contributed by atoms with van der Waals surface area (Å²) in [6.07, 6.45) is 1.61. The lowest BCUT2D eigenvalue weighted by Gasteiger charge is -2.32. The van der Waals surface area contributed by atoms with Crippen molar-refractivity contribution in [3.63, 3.8) is 0 Å². The van der Waals surface area contributed by atoms with Crippen molar-refractivity contribution in [2.45, 2.75) is 12.8 Å². The predicted molar refractivity (Wildman–Crippen MR) is 112 cm³/mol. The zero-order valence-corrected chi connectivity index (χ0v) is 16.6. The van der Waals surface area contributed by atoms with Crippen molar-refractivity contribution in [2.24, 2.45) is 10.9 Å². The van der Waals surface area contributed by atoms with E-state index >= 15 is 0 Å². The third kappa shape index (κ3) is 3.71. The van der Waals surface area contributed by atoms with Gasteiger partial charge in [0, 0.05) is 29.8 Å². The van der Waals surface area contributed by atoms with Gasteiger partial charge in [-0.3, -0.25) is 14.6 Å². The SMILES string of the molecule is COc1ccc(C(=O)N2CCC[C@@H](C(=O)NC3=NCCS3)C2)c2ccccc12. The van der Waals surface area contributed by atoms with Crippen LogP contribution >= 0.6 is 11.8 Å². The van der Waals surface area contributed by atoms with Gasteiger partial charge in [0.1, 0.15) is 5.75 Å². The molecule has 7 heteroatoms. The van der Waals surface area contributed by atoms with Crippen molar-refractivity contribution < 1.29 is 14.3 Å². The summed E-state index contributed by atoms with van der Waals surface area (Å²) in [7, 11) is 1.63. The summed E-state index contributed by atoms with van der Waals surface area (Å²) in [5.41, 5.74) is 0.646. The number of methoxy groups -OCH3 is 1. The maximum absolute atomic E-state index is 13.3. The Kier molecular flexibility index (Phi) is 5.52. The number of hydrogen-bond donors (Lipinski definition) is 1.